The number of benzene rings is 2. The van der Waals surface area contributed by atoms with Gasteiger partial charge in [-0.1, -0.05) is 29.8 Å². The molecule has 3 nitrogen and oxygen atoms in total. The van der Waals surface area contributed by atoms with Gasteiger partial charge in [-0.15, -0.1) is 0 Å². The van der Waals surface area contributed by atoms with Crippen molar-refractivity contribution in [3.05, 3.63) is 76.3 Å². The van der Waals surface area contributed by atoms with Crippen molar-refractivity contribution in [3.63, 3.8) is 0 Å². The molecule has 0 saturated heterocycles. The number of imidazole rings is 1. The first-order chi connectivity index (χ1) is 14.3. The summed E-state index contributed by atoms with van der Waals surface area (Å²) in [6.07, 6.45) is -0.881. The second kappa shape index (κ2) is 5.73. The predicted molar refractivity (Wildman–Crippen MR) is 94.2 cm³/mol. The van der Waals surface area contributed by atoms with Gasteiger partial charge in [-0.2, -0.15) is 0 Å². The average molecular weight is 309 g/mol. The summed E-state index contributed by atoms with van der Waals surface area (Å²) in [5.74, 6) is 0.0275. The largest absolute Gasteiger partial charge is 0.299 e. The van der Waals surface area contributed by atoms with Crippen molar-refractivity contribution in [2.45, 2.75) is 27.6 Å². The van der Waals surface area contributed by atoms with Gasteiger partial charge >= 0.3 is 0 Å². The molecule has 0 bridgehead atoms. The van der Waals surface area contributed by atoms with E-state index >= 15 is 0 Å². The van der Waals surface area contributed by atoms with Crippen molar-refractivity contribution in [2.24, 2.45) is 0 Å². The van der Waals surface area contributed by atoms with E-state index in [2.05, 4.69) is 9.83 Å². The minimum atomic E-state index is -2.67. The molecule has 0 aliphatic heterocycles. The lowest BCUT2D eigenvalue weighted by molar-refractivity contribution is 1.03. The maximum absolute atomic E-state index is 8.38. The molecule has 2 aromatic carbocycles. The minimum absolute atomic E-state index is 0.0275. The molecule has 0 saturated carbocycles. The van der Waals surface area contributed by atoms with Crippen LogP contribution in [0, 0.1) is 34.1 Å². The Morgan fingerprint density at radius 1 is 1.13 bits per heavy atom. The summed E-state index contributed by atoms with van der Waals surface area (Å²) in [5, 5.41) is 0. The van der Waals surface area contributed by atoms with Gasteiger partial charge < -0.3 is 0 Å². The molecule has 114 valence electrons. The first-order valence-electron chi connectivity index (χ1n) is 11.0. The summed E-state index contributed by atoms with van der Waals surface area (Å²) in [6.45, 7) is 5.35. The molecular formula is C20H19N3. The fourth-order valence-corrected chi connectivity index (χ4v) is 2.48. The molecule has 23 heavy (non-hydrogen) atoms. The fraction of sp³-hybridized carbons (Fsp3) is 0.200. The summed E-state index contributed by atoms with van der Waals surface area (Å²) in [5.41, 5.74) is 1.17. The van der Waals surface area contributed by atoms with Gasteiger partial charge in [-0.25, -0.2) is 9.83 Å². The quantitative estimate of drug-likeness (QED) is 0.587. The minimum Gasteiger partial charge on any atom is -0.299 e. The van der Waals surface area contributed by atoms with E-state index in [1.807, 2.05) is 0 Å². The molecule has 0 N–H and O–H groups in total. The van der Waals surface area contributed by atoms with E-state index < -0.39 is 26.0 Å². The van der Waals surface area contributed by atoms with E-state index in [1.165, 1.54) is 18.2 Å². The molecule has 3 heteroatoms. The number of rotatable bonds is 2. The standard InChI is InChI=1S/C20H19N3/c1-13-10-15(3)19(16(4)11-13)23-9-8-22-20(23)17-7-6-14(2)18(12-17)21-5/h6-12H,1-4H3/i3D3,4D3,8D,9D. The Morgan fingerprint density at radius 2 is 1.87 bits per heavy atom. The summed E-state index contributed by atoms with van der Waals surface area (Å²) < 4.78 is 65.4. The number of hydrogen-bond donors (Lipinski definition) is 0. The van der Waals surface area contributed by atoms with Gasteiger partial charge in [-0.05, 0) is 50.3 Å². The van der Waals surface area contributed by atoms with Crippen LogP contribution in [0.4, 0.5) is 5.69 Å². The SMILES string of the molecule is [2H]c1nc(-c2ccc(C)c([N+]#[C-])c2)n(-c2c(C([2H])([2H])[2H])cc(C)cc2C([2H])([2H])[2H])c1[2H]. The molecule has 0 aliphatic carbocycles. The summed E-state index contributed by atoms with van der Waals surface area (Å²) >= 11 is 0. The number of hydrogen-bond acceptors (Lipinski definition) is 1. The summed E-state index contributed by atoms with van der Waals surface area (Å²) in [7, 11) is 0. The molecule has 3 aromatic rings. The molecule has 1 aromatic heterocycles. The monoisotopic (exact) mass is 309 g/mol. The lowest BCUT2D eigenvalue weighted by atomic mass is 10.0. The van der Waals surface area contributed by atoms with Crippen LogP contribution in [0.1, 0.15) is 33.2 Å². The molecule has 0 aliphatic rings. The third-order valence-electron chi connectivity index (χ3n) is 3.60. The van der Waals surface area contributed by atoms with Crippen molar-refractivity contribution in [2.75, 3.05) is 0 Å². The van der Waals surface area contributed by atoms with Crippen molar-refractivity contribution < 1.29 is 11.0 Å². The van der Waals surface area contributed by atoms with E-state index in [1.54, 1.807) is 26.0 Å². The lowest BCUT2D eigenvalue weighted by Crippen LogP contribution is -2.02. The van der Waals surface area contributed by atoms with Crippen LogP contribution in [-0.4, -0.2) is 9.55 Å². The van der Waals surface area contributed by atoms with Gasteiger partial charge in [-0.3, -0.25) is 4.57 Å². The van der Waals surface area contributed by atoms with Gasteiger partial charge in [0, 0.05) is 26.1 Å². The van der Waals surface area contributed by atoms with Crippen LogP contribution >= 0.6 is 0 Å². The molecular weight excluding hydrogens is 282 g/mol. The Hall–Kier alpha value is -2.86. The van der Waals surface area contributed by atoms with Crippen molar-refractivity contribution in [1.29, 1.82) is 0 Å². The zero-order chi connectivity index (χ0) is 23.3. The van der Waals surface area contributed by atoms with Gasteiger partial charge in [0.15, 0.2) is 5.69 Å². The Balaban J connectivity index is 2.49. The van der Waals surface area contributed by atoms with Gasteiger partial charge in [0.1, 0.15) is 5.82 Å². The molecule has 0 unspecified atom stereocenters. The van der Waals surface area contributed by atoms with Crippen LogP contribution in [0.2, 0.25) is 0 Å². The van der Waals surface area contributed by atoms with Crippen molar-refractivity contribution in [3.8, 4) is 17.1 Å². The molecule has 0 atom stereocenters. The topological polar surface area (TPSA) is 22.2 Å². The van der Waals surface area contributed by atoms with E-state index in [-0.39, 0.29) is 22.6 Å². The zero-order valence-corrected chi connectivity index (χ0v) is 12.7. The van der Waals surface area contributed by atoms with Crippen LogP contribution in [0.15, 0.2) is 42.7 Å². The van der Waals surface area contributed by atoms with E-state index in [0.717, 1.165) is 10.1 Å². The molecule has 1 heterocycles. The maximum atomic E-state index is 8.38. The predicted octanol–water partition coefficient (Wildman–Crippen LogP) is 5.32. The van der Waals surface area contributed by atoms with Crippen LogP contribution < -0.4 is 0 Å². The first kappa shape index (κ1) is 8.12. The third-order valence-corrected chi connectivity index (χ3v) is 3.60. The zero-order valence-electron chi connectivity index (χ0n) is 20.7. The van der Waals surface area contributed by atoms with Crippen LogP contribution in [0.5, 0.6) is 0 Å². The van der Waals surface area contributed by atoms with Gasteiger partial charge in [0.2, 0.25) is 0 Å². The molecule has 0 spiro atoms. The highest BCUT2D eigenvalue weighted by molar-refractivity contribution is 5.68. The fourth-order valence-electron chi connectivity index (χ4n) is 2.48. The summed E-state index contributed by atoms with van der Waals surface area (Å²) in [6, 6.07) is 7.58. The van der Waals surface area contributed by atoms with Gasteiger partial charge in [0.25, 0.3) is 0 Å². The lowest BCUT2D eigenvalue weighted by Gasteiger charge is -2.15. The number of aryl methyl sites for hydroxylation is 4. The Bertz CT molecular complexity index is 1180. The Kier molecular flexibility index (Phi) is 2.03. The third kappa shape index (κ3) is 2.64. The Labute approximate surface area is 148 Å². The average Bonchev–Trinajstić information content (AvgIpc) is 2.95. The van der Waals surface area contributed by atoms with E-state index in [4.69, 9.17) is 17.5 Å². The molecule has 0 amide bonds. The van der Waals surface area contributed by atoms with Crippen LogP contribution in [-0.2, 0) is 0 Å². The molecule has 0 fully saturated rings. The highest BCUT2D eigenvalue weighted by Gasteiger charge is 2.13. The van der Waals surface area contributed by atoms with E-state index in [9.17, 15) is 0 Å². The highest BCUT2D eigenvalue weighted by Crippen LogP contribution is 2.30. The van der Waals surface area contributed by atoms with E-state index in [0.29, 0.717) is 16.8 Å². The molecule has 0 radical (unpaired) electrons. The second-order valence-electron chi connectivity index (χ2n) is 5.32. The van der Waals surface area contributed by atoms with Crippen LogP contribution in [0.25, 0.3) is 21.9 Å². The number of nitrogens with zero attached hydrogens (tertiary/aromatic N) is 3. The number of aromatic nitrogens is 2. The van der Waals surface area contributed by atoms with Crippen molar-refractivity contribution >= 4 is 5.69 Å². The van der Waals surface area contributed by atoms with Crippen LogP contribution in [0.3, 0.4) is 0 Å². The second-order valence-corrected chi connectivity index (χ2v) is 5.32. The smallest absolute Gasteiger partial charge is 0.190 e. The highest BCUT2D eigenvalue weighted by atomic mass is 15.1. The Morgan fingerprint density at radius 3 is 2.52 bits per heavy atom. The van der Waals surface area contributed by atoms with Crippen molar-refractivity contribution in [1.82, 2.24) is 9.55 Å². The van der Waals surface area contributed by atoms with Gasteiger partial charge in [0.05, 0.1) is 15.0 Å². The maximum Gasteiger partial charge on any atom is 0.190 e. The normalized spacial score (nSPS) is 16.7. The first-order valence-corrected chi connectivity index (χ1v) is 6.96. The summed E-state index contributed by atoms with van der Waals surface area (Å²) in [4.78, 5) is 7.55. The molecule has 3 rings (SSSR count).